The molecule has 1 unspecified atom stereocenters. The summed E-state index contributed by atoms with van der Waals surface area (Å²) in [6.07, 6.45) is 5.12. The van der Waals surface area contributed by atoms with Crippen molar-refractivity contribution in [2.75, 3.05) is 0 Å². The van der Waals surface area contributed by atoms with Gasteiger partial charge in [0.05, 0.1) is 5.69 Å². The lowest BCUT2D eigenvalue weighted by molar-refractivity contribution is 0.552. The maximum absolute atomic E-state index is 5.63. The summed E-state index contributed by atoms with van der Waals surface area (Å²) in [5.74, 6) is 1.39. The van der Waals surface area contributed by atoms with E-state index in [1.807, 2.05) is 12.3 Å². The van der Waals surface area contributed by atoms with Crippen molar-refractivity contribution in [2.45, 2.75) is 31.7 Å². The van der Waals surface area contributed by atoms with Crippen molar-refractivity contribution in [1.82, 2.24) is 9.97 Å². The van der Waals surface area contributed by atoms with E-state index in [9.17, 15) is 0 Å². The Hall–Kier alpha value is -1.74. The molecule has 0 bridgehead atoms. The lowest BCUT2D eigenvalue weighted by Gasteiger charge is -2.23. The Balaban J connectivity index is 1.87. The Morgan fingerprint density at radius 2 is 2.00 bits per heavy atom. The molecule has 0 fully saturated rings. The molecular formula is C15H17N3. The topological polar surface area (TPSA) is 51.8 Å². The molecule has 1 heterocycles. The summed E-state index contributed by atoms with van der Waals surface area (Å²) in [5, 5.41) is 0. The standard InChI is InChI=1S/C15H17N3/c16-10-14-7-8-17-15(18-14)13-6-5-11-3-1-2-4-12(11)9-13/h1-4,7-8,13H,5-6,9-10,16H2. The van der Waals surface area contributed by atoms with Crippen LogP contribution < -0.4 is 5.73 Å². The number of hydrogen-bond donors (Lipinski definition) is 1. The van der Waals surface area contributed by atoms with Crippen LogP contribution in [0.25, 0.3) is 0 Å². The first kappa shape index (κ1) is 11.4. The maximum Gasteiger partial charge on any atom is 0.132 e. The van der Waals surface area contributed by atoms with Crippen molar-refractivity contribution in [1.29, 1.82) is 0 Å². The van der Waals surface area contributed by atoms with Gasteiger partial charge in [-0.2, -0.15) is 0 Å². The Morgan fingerprint density at radius 3 is 2.83 bits per heavy atom. The number of rotatable bonds is 2. The van der Waals surface area contributed by atoms with E-state index in [2.05, 4.69) is 34.2 Å². The number of hydrogen-bond acceptors (Lipinski definition) is 3. The number of nitrogens with two attached hydrogens (primary N) is 1. The van der Waals surface area contributed by atoms with E-state index in [4.69, 9.17) is 5.73 Å². The van der Waals surface area contributed by atoms with E-state index in [0.717, 1.165) is 30.8 Å². The van der Waals surface area contributed by atoms with E-state index in [0.29, 0.717) is 12.5 Å². The molecule has 3 heteroatoms. The SMILES string of the molecule is NCc1ccnc(C2CCc3ccccc3C2)n1. The molecule has 2 aromatic rings. The largest absolute Gasteiger partial charge is 0.325 e. The molecule has 92 valence electrons. The summed E-state index contributed by atoms with van der Waals surface area (Å²) in [7, 11) is 0. The molecule has 0 radical (unpaired) electrons. The molecule has 0 spiro atoms. The summed E-state index contributed by atoms with van der Waals surface area (Å²) >= 11 is 0. The maximum atomic E-state index is 5.63. The van der Waals surface area contributed by atoms with Crippen molar-refractivity contribution in [3.05, 3.63) is 59.2 Å². The average Bonchev–Trinajstić information content (AvgIpc) is 2.47. The van der Waals surface area contributed by atoms with Gasteiger partial charge in [0.25, 0.3) is 0 Å². The van der Waals surface area contributed by atoms with Crippen LogP contribution in [0.15, 0.2) is 36.5 Å². The van der Waals surface area contributed by atoms with Crippen molar-refractivity contribution in [3.8, 4) is 0 Å². The van der Waals surface area contributed by atoms with Gasteiger partial charge in [-0.05, 0) is 36.5 Å². The third-order valence-corrected chi connectivity index (χ3v) is 3.65. The van der Waals surface area contributed by atoms with Crippen LogP contribution in [0.3, 0.4) is 0 Å². The zero-order valence-electron chi connectivity index (χ0n) is 10.3. The van der Waals surface area contributed by atoms with Crippen LogP contribution in [0.5, 0.6) is 0 Å². The molecule has 0 saturated heterocycles. The fourth-order valence-electron chi connectivity index (χ4n) is 2.64. The number of benzene rings is 1. The minimum atomic E-state index is 0.436. The molecule has 1 atom stereocenters. The Labute approximate surface area is 107 Å². The molecule has 1 aromatic carbocycles. The van der Waals surface area contributed by atoms with Crippen LogP contribution in [0, 0.1) is 0 Å². The van der Waals surface area contributed by atoms with E-state index in [1.165, 1.54) is 11.1 Å². The van der Waals surface area contributed by atoms with Crippen molar-refractivity contribution >= 4 is 0 Å². The predicted octanol–water partition coefficient (Wildman–Crippen LogP) is 2.21. The Bertz CT molecular complexity index is 551. The van der Waals surface area contributed by atoms with E-state index >= 15 is 0 Å². The van der Waals surface area contributed by atoms with Gasteiger partial charge in [-0.15, -0.1) is 0 Å². The van der Waals surface area contributed by atoms with Crippen LogP contribution >= 0.6 is 0 Å². The molecule has 3 rings (SSSR count). The van der Waals surface area contributed by atoms with Crippen molar-refractivity contribution in [2.24, 2.45) is 5.73 Å². The van der Waals surface area contributed by atoms with Crippen LogP contribution in [0.2, 0.25) is 0 Å². The summed E-state index contributed by atoms with van der Waals surface area (Å²) in [4.78, 5) is 8.97. The van der Waals surface area contributed by atoms with Gasteiger partial charge in [-0.1, -0.05) is 24.3 Å². The second-order valence-corrected chi connectivity index (χ2v) is 4.82. The summed E-state index contributed by atoms with van der Waals surface area (Å²) in [6, 6.07) is 10.6. The van der Waals surface area contributed by atoms with Gasteiger partial charge in [-0.3, -0.25) is 0 Å². The number of aromatic nitrogens is 2. The van der Waals surface area contributed by atoms with Gasteiger partial charge in [0.2, 0.25) is 0 Å². The second-order valence-electron chi connectivity index (χ2n) is 4.82. The number of fused-ring (bicyclic) bond motifs is 1. The van der Waals surface area contributed by atoms with Crippen LogP contribution in [-0.4, -0.2) is 9.97 Å². The first-order valence-electron chi connectivity index (χ1n) is 6.45. The molecule has 18 heavy (non-hydrogen) atoms. The predicted molar refractivity (Wildman–Crippen MR) is 71.1 cm³/mol. The molecule has 1 aromatic heterocycles. The summed E-state index contributed by atoms with van der Waals surface area (Å²) in [6.45, 7) is 0.485. The summed E-state index contributed by atoms with van der Waals surface area (Å²) in [5.41, 5.74) is 9.48. The zero-order chi connectivity index (χ0) is 12.4. The third kappa shape index (κ3) is 2.14. The zero-order valence-corrected chi connectivity index (χ0v) is 10.3. The van der Waals surface area contributed by atoms with E-state index in [-0.39, 0.29) is 0 Å². The highest BCUT2D eigenvalue weighted by Crippen LogP contribution is 2.30. The molecule has 3 nitrogen and oxygen atoms in total. The van der Waals surface area contributed by atoms with E-state index in [1.54, 1.807) is 0 Å². The number of aryl methyl sites for hydroxylation is 1. The highest BCUT2D eigenvalue weighted by molar-refractivity contribution is 5.31. The van der Waals surface area contributed by atoms with Gasteiger partial charge >= 0.3 is 0 Å². The van der Waals surface area contributed by atoms with Crippen LogP contribution in [0.4, 0.5) is 0 Å². The Morgan fingerprint density at radius 1 is 1.17 bits per heavy atom. The molecular weight excluding hydrogens is 222 g/mol. The van der Waals surface area contributed by atoms with Crippen LogP contribution in [0.1, 0.15) is 35.0 Å². The Kier molecular flexibility index (Phi) is 3.07. The molecule has 1 aliphatic rings. The third-order valence-electron chi connectivity index (χ3n) is 3.65. The highest BCUT2D eigenvalue weighted by atomic mass is 14.9. The highest BCUT2D eigenvalue weighted by Gasteiger charge is 2.21. The molecule has 0 aliphatic heterocycles. The van der Waals surface area contributed by atoms with Crippen molar-refractivity contribution in [3.63, 3.8) is 0 Å². The minimum absolute atomic E-state index is 0.436. The van der Waals surface area contributed by atoms with Gasteiger partial charge in [0, 0.05) is 18.7 Å². The van der Waals surface area contributed by atoms with Gasteiger partial charge < -0.3 is 5.73 Å². The van der Waals surface area contributed by atoms with Gasteiger partial charge in [-0.25, -0.2) is 9.97 Å². The van der Waals surface area contributed by atoms with Gasteiger partial charge in [0.1, 0.15) is 5.82 Å². The smallest absolute Gasteiger partial charge is 0.132 e. The van der Waals surface area contributed by atoms with Gasteiger partial charge in [0.15, 0.2) is 0 Å². The van der Waals surface area contributed by atoms with E-state index < -0.39 is 0 Å². The van der Waals surface area contributed by atoms with Crippen LogP contribution in [-0.2, 0) is 19.4 Å². The van der Waals surface area contributed by atoms with Crippen molar-refractivity contribution < 1.29 is 0 Å². The molecule has 0 amide bonds. The molecule has 2 N–H and O–H groups in total. The summed E-state index contributed by atoms with van der Waals surface area (Å²) < 4.78 is 0. The minimum Gasteiger partial charge on any atom is -0.325 e. The first-order chi connectivity index (χ1) is 8.86. The quantitative estimate of drug-likeness (QED) is 0.874. The number of nitrogens with zero attached hydrogens (tertiary/aromatic N) is 2. The molecule has 0 saturated carbocycles. The lowest BCUT2D eigenvalue weighted by Crippen LogP contribution is -2.16. The normalized spacial score (nSPS) is 18.4. The lowest BCUT2D eigenvalue weighted by atomic mass is 9.83. The fraction of sp³-hybridized carbons (Fsp3) is 0.333. The molecule has 1 aliphatic carbocycles. The first-order valence-corrected chi connectivity index (χ1v) is 6.45. The average molecular weight is 239 g/mol. The fourth-order valence-corrected chi connectivity index (χ4v) is 2.64. The second kappa shape index (κ2) is 4.86. The monoisotopic (exact) mass is 239 g/mol.